The maximum atomic E-state index is 4.36. The Hall–Kier alpha value is -1.42. The lowest BCUT2D eigenvalue weighted by atomic mass is 9.72. The van der Waals surface area contributed by atoms with Crippen molar-refractivity contribution in [2.45, 2.75) is 31.7 Å². The van der Waals surface area contributed by atoms with Crippen molar-refractivity contribution in [2.24, 2.45) is 0 Å². The number of nitrogens with one attached hydrogen (secondary N) is 1. The fourth-order valence-electron chi connectivity index (χ4n) is 2.46. The van der Waals surface area contributed by atoms with Crippen molar-refractivity contribution in [1.82, 2.24) is 9.97 Å². The predicted octanol–water partition coefficient (Wildman–Crippen LogP) is 4.04. The highest BCUT2D eigenvalue weighted by Crippen LogP contribution is 2.43. The molecule has 1 aromatic carbocycles. The van der Waals surface area contributed by atoms with Crippen LogP contribution in [-0.2, 0) is 5.54 Å². The van der Waals surface area contributed by atoms with E-state index in [1.807, 2.05) is 19.3 Å². The van der Waals surface area contributed by atoms with Crippen LogP contribution in [0.4, 0.5) is 5.95 Å². The Balaban J connectivity index is 1.87. The van der Waals surface area contributed by atoms with E-state index >= 15 is 0 Å². The molecule has 0 atom stereocenters. The highest BCUT2D eigenvalue weighted by Gasteiger charge is 2.39. The molecule has 0 saturated heterocycles. The fourth-order valence-corrected chi connectivity index (χ4v) is 2.72. The van der Waals surface area contributed by atoms with Gasteiger partial charge in [-0.2, -0.15) is 0 Å². The Bertz CT molecular complexity index is 559. The van der Waals surface area contributed by atoms with Crippen molar-refractivity contribution < 1.29 is 0 Å². The number of halogens is 1. The van der Waals surface area contributed by atoms with Gasteiger partial charge in [-0.1, -0.05) is 28.1 Å². The predicted molar refractivity (Wildman–Crippen MR) is 80.1 cm³/mol. The number of anilines is 1. The molecule has 19 heavy (non-hydrogen) atoms. The number of hydrogen-bond donors (Lipinski definition) is 1. The van der Waals surface area contributed by atoms with Crippen molar-refractivity contribution in [3.05, 3.63) is 52.3 Å². The molecule has 1 aromatic heterocycles. The van der Waals surface area contributed by atoms with Crippen molar-refractivity contribution in [3.8, 4) is 0 Å². The molecular weight excluding hydrogens is 302 g/mol. The summed E-state index contributed by atoms with van der Waals surface area (Å²) in [4.78, 5) is 8.71. The second kappa shape index (κ2) is 4.93. The zero-order chi connectivity index (χ0) is 13.3. The molecule has 1 aliphatic rings. The second-order valence-corrected chi connectivity index (χ2v) is 6.07. The Morgan fingerprint density at radius 3 is 2.26 bits per heavy atom. The van der Waals surface area contributed by atoms with Crippen LogP contribution in [-0.4, -0.2) is 9.97 Å². The molecule has 0 amide bonds. The van der Waals surface area contributed by atoms with Gasteiger partial charge in [0.05, 0.1) is 5.54 Å². The van der Waals surface area contributed by atoms with Gasteiger partial charge in [-0.05, 0) is 49.4 Å². The minimum Gasteiger partial charge on any atom is -0.345 e. The summed E-state index contributed by atoms with van der Waals surface area (Å²) in [6.07, 6.45) is 7.21. The van der Waals surface area contributed by atoms with Gasteiger partial charge in [0.25, 0.3) is 0 Å². The molecule has 1 heterocycles. The first-order valence-corrected chi connectivity index (χ1v) is 7.30. The molecular formula is C15H16BrN3. The van der Waals surface area contributed by atoms with Crippen LogP contribution >= 0.6 is 15.9 Å². The van der Waals surface area contributed by atoms with Crippen molar-refractivity contribution in [1.29, 1.82) is 0 Å². The smallest absolute Gasteiger partial charge is 0.223 e. The minimum absolute atomic E-state index is 0.00988. The van der Waals surface area contributed by atoms with E-state index < -0.39 is 0 Å². The first-order valence-electron chi connectivity index (χ1n) is 6.51. The van der Waals surface area contributed by atoms with Crippen LogP contribution in [0.15, 0.2) is 41.1 Å². The number of aromatic nitrogens is 2. The first-order chi connectivity index (χ1) is 9.18. The average molecular weight is 318 g/mol. The quantitative estimate of drug-likeness (QED) is 0.928. The standard InChI is InChI=1S/C15H16BrN3/c1-11-9-17-14(18-10-11)19-15(7-2-8-15)12-3-5-13(16)6-4-12/h3-6,9-10H,2,7-8H2,1H3,(H,17,18,19). The molecule has 2 aromatic rings. The van der Waals surface area contributed by atoms with E-state index in [9.17, 15) is 0 Å². The Morgan fingerprint density at radius 1 is 1.11 bits per heavy atom. The van der Waals surface area contributed by atoms with Gasteiger partial charge in [-0.25, -0.2) is 9.97 Å². The molecule has 1 N–H and O–H groups in total. The third-order valence-electron chi connectivity index (χ3n) is 3.74. The average Bonchev–Trinajstić information content (AvgIpc) is 2.37. The van der Waals surface area contributed by atoms with Gasteiger partial charge in [0.1, 0.15) is 0 Å². The molecule has 1 saturated carbocycles. The summed E-state index contributed by atoms with van der Waals surface area (Å²) in [6, 6.07) is 8.52. The van der Waals surface area contributed by atoms with Crippen molar-refractivity contribution in [2.75, 3.05) is 5.32 Å². The van der Waals surface area contributed by atoms with E-state index in [0.717, 1.165) is 22.9 Å². The summed E-state index contributed by atoms with van der Waals surface area (Å²) < 4.78 is 1.11. The zero-order valence-corrected chi connectivity index (χ0v) is 12.4. The molecule has 4 heteroatoms. The number of nitrogens with zero attached hydrogens (tertiary/aromatic N) is 2. The highest BCUT2D eigenvalue weighted by atomic mass is 79.9. The normalized spacial score (nSPS) is 16.7. The minimum atomic E-state index is 0.00988. The van der Waals surface area contributed by atoms with Crippen LogP contribution in [0, 0.1) is 6.92 Å². The number of rotatable bonds is 3. The van der Waals surface area contributed by atoms with E-state index in [2.05, 4.69) is 55.5 Å². The van der Waals surface area contributed by atoms with Crippen LogP contribution in [0.1, 0.15) is 30.4 Å². The zero-order valence-electron chi connectivity index (χ0n) is 10.9. The largest absolute Gasteiger partial charge is 0.345 e. The molecule has 0 spiro atoms. The topological polar surface area (TPSA) is 37.8 Å². The second-order valence-electron chi connectivity index (χ2n) is 5.15. The van der Waals surface area contributed by atoms with E-state index in [1.54, 1.807) is 0 Å². The lowest BCUT2D eigenvalue weighted by molar-refractivity contribution is 0.282. The van der Waals surface area contributed by atoms with E-state index in [-0.39, 0.29) is 5.54 Å². The van der Waals surface area contributed by atoms with Crippen LogP contribution in [0.5, 0.6) is 0 Å². The van der Waals surface area contributed by atoms with Crippen molar-refractivity contribution >= 4 is 21.9 Å². The van der Waals surface area contributed by atoms with Gasteiger partial charge >= 0.3 is 0 Å². The van der Waals surface area contributed by atoms with E-state index in [0.29, 0.717) is 5.95 Å². The lowest BCUT2D eigenvalue weighted by Crippen LogP contribution is -2.42. The maximum Gasteiger partial charge on any atom is 0.223 e. The first kappa shape index (κ1) is 12.6. The third-order valence-corrected chi connectivity index (χ3v) is 4.26. The molecule has 3 nitrogen and oxygen atoms in total. The van der Waals surface area contributed by atoms with Crippen LogP contribution in [0.3, 0.4) is 0 Å². The Labute approximate surface area is 121 Å². The number of hydrogen-bond acceptors (Lipinski definition) is 3. The van der Waals surface area contributed by atoms with Gasteiger partial charge in [-0.3, -0.25) is 0 Å². The SMILES string of the molecule is Cc1cnc(NC2(c3ccc(Br)cc3)CCC2)nc1. The number of benzene rings is 1. The van der Waals surface area contributed by atoms with E-state index in [4.69, 9.17) is 0 Å². The van der Waals surface area contributed by atoms with Crippen LogP contribution in [0.25, 0.3) is 0 Å². The molecule has 0 bridgehead atoms. The van der Waals surface area contributed by atoms with Crippen LogP contribution < -0.4 is 5.32 Å². The Morgan fingerprint density at radius 2 is 1.74 bits per heavy atom. The third kappa shape index (κ3) is 2.50. The molecule has 0 unspecified atom stereocenters. The van der Waals surface area contributed by atoms with Gasteiger partial charge in [0.2, 0.25) is 5.95 Å². The summed E-state index contributed by atoms with van der Waals surface area (Å²) in [5.74, 6) is 0.716. The summed E-state index contributed by atoms with van der Waals surface area (Å²) >= 11 is 3.48. The van der Waals surface area contributed by atoms with Crippen molar-refractivity contribution in [3.63, 3.8) is 0 Å². The lowest BCUT2D eigenvalue weighted by Gasteiger charge is -2.43. The highest BCUT2D eigenvalue weighted by molar-refractivity contribution is 9.10. The summed E-state index contributed by atoms with van der Waals surface area (Å²) in [5.41, 5.74) is 2.40. The summed E-state index contributed by atoms with van der Waals surface area (Å²) in [5, 5.41) is 3.52. The van der Waals surface area contributed by atoms with Gasteiger partial charge in [-0.15, -0.1) is 0 Å². The molecule has 1 aliphatic carbocycles. The molecule has 0 radical (unpaired) electrons. The molecule has 1 fully saturated rings. The molecule has 0 aliphatic heterocycles. The summed E-state index contributed by atoms with van der Waals surface area (Å²) in [7, 11) is 0. The maximum absolute atomic E-state index is 4.36. The van der Waals surface area contributed by atoms with Gasteiger partial charge < -0.3 is 5.32 Å². The van der Waals surface area contributed by atoms with Gasteiger partial charge in [0.15, 0.2) is 0 Å². The fraction of sp³-hybridized carbons (Fsp3) is 0.333. The molecule has 3 rings (SSSR count). The van der Waals surface area contributed by atoms with E-state index in [1.165, 1.54) is 12.0 Å². The Kier molecular flexibility index (Phi) is 3.27. The monoisotopic (exact) mass is 317 g/mol. The molecule has 98 valence electrons. The van der Waals surface area contributed by atoms with Crippen LogP contribution in [0.2, 0.25) is 0 Å². The van der Waals surface area contributed by atoms with Gasteiger partial charge in [0, 0.05) is 16.9 Å². The number of aryl methyl sites for hydroxylation is 1. The summed E-state index contributed by atoms with van der Waals surface area (Å²) in [6.45, 7) is 2.00.